The van der Waals surface area contributed by atoms with Gasteiger partial charge in [0, 0.05) is 18.5 Å². The zero-order valence-electron chi connectivity index (χ0n) is 8.54. The van der Waals surface area contributed by atoms with Gasteiger partial charge >= 0.3 is 0 Å². The molecule has 2 rings (SSSR count). The molecule has 1 aliphatic rings. The second-order valence-corrected chi connectivity index (χ2v) is 4.39. The van der Waals surface area contributed by atoms with Crippen molar-refractivity contribution in [2.45, 2.75) is 32.1 Å². The van der Waals surface area contributed by atoms with E-state index in [0.717, 1.165) is 5.82 Å². The van der Waals surface area contributed by atoms with E-state index in [1.165, 1.54) is 18.5 Å². The van der Waals surface area contributed by atoms with Crippen LogP contribution in [0.2, 0.25) is 0 Å². The Bertz CT molecular complexity index is 301. The van der Waals surface area contributed by atoms with Gasteiger partial charge in [0.15, 0.2) is 0 Å². The van der Waals surface area contributed by atoms with Gasteiger partial charge in [0.2, 0.25) is 0 Å². The van der Waals surface area contributed by atoms with Gasteiger partial charge in [-0.15, -0.1) is 0 Å². The second-order valence-electron chi connectivity index (χ2n) is 4.39. The monoisotopic (exact) mass is 179 g/mol. The Morgan fingerprint density at radius 2 is 2.15 bits per heavy atom. The van der Waals surface area contributed by atoms with Crippen LogP contribution < -0.4 is 5.73 Å². The van der Waals surface area contributed by atoms with Gasteiger partial charge in [0.05, 0.1) is 5.69 Å². The van der Waals surface area contributed by atoms with E-state index in [2.05, 4.69) is 18.9 Å². The van der Waals surface area contributed by atoms with Gasteiger partial charge in [-0.05, 0) is 18.8 Å². The standard InChI is InChI=1S/C10H17N3/c1-7(2)10(4-5-10)8-6-9(11)13(3)12-8/h6-7H,4-5,11H2,1-3H3. The van der Waals surface area contributed by atoms with Crippen LogP contribution in [0.15, 0.2) is 6.07 Å². The molecule has 1 aromatic heterocycles. The zero-order valence-corrected chi connectivity index (χ0v) is 8.54. The van der Waals surface area contributed by atoms with Crippen molar-refractivity contribution in [3.8, 4) is 0 Å². The van der Waals surface area contributed by atoms with Crippen LogP contribution in [-0.2, 0) is 12.5 Å². The highest BCUT2D eigenvalue weighted by Gasteiger charge is 2.48. The summed E-state index contributed by atoms with van der Waals surface area (Å²) in [4.78, 5) is 0. The Labute approximate surface area is 78.9 Å². The summed E-state index contributed by atoms with van der Waals surface area (Å²) in [6, 6.07) is 2.02. The predicted octanol–water partition coefficient (Wildman–Crippen LogP) is 1.69. The molecule has 1 saturated carbocycles. The molecule has 3 nitrogen and oxygen atoms in total. The molecule has 3 heteroatoms. The lowest BCUT2D eigenvalue weighted by Gasteiger charge is -2.16. The van der Waals surface area contributed by atoms with Crippen molar-refractivity contribution in [3.05, 3.63) is 11.8 Å². The molecule has 0 bridgehead atoms. The van der Waals surface area contributed by atoms with Gasteiger partial charge in [-0.1, -0.05) is 13.8 Å². The molecular weight excluding hydrogens is 162 g/mol. The highest BCUT2D eigenvalue weighted by atomic mass is 15.3. The maximum Gasteiger partial charge on any atom is 0.121 e. The smallest absolute Gasteiger partial charge is 0.121 e. The molecule has 1 aromatic rings. The maximum atomic E-state index is 5.77. The first kappa shape index (κ1) is 8.60. The molecule has 0 saturated heterocycles. The van der Waals surface area contributed by atoms with E-state index in [0.29, 0.717) is 11.3 Å². The van der Waals surface area contributed by atoms with Crippen molar-refractivity contribution in [1.29, 1.82) is 0 Å². The third-order valence-electron chi connectivity index (χ3n) is 3.32. The predicted molar refractivity (Wildman–Crippen MR) is 53.4 cm³/mol. The lowest BCUT2D eigenvalue weighted by molar-refractivity contribution is 0.464. The number of hydrogen-bond acceptors (Lipinski definition) is 2. The fraction of sp³-hybridized carbons (Fsp3) is 0.700. The number of hydrogen-bond donors (Lipinski definition) is 1. The quantitative estimate of drug-likeness (QED) is 0.750. The first-order valence-electron chi connectivity index (χ1n) is 4.86. The summed E-state index contributed by atoms with van der Waals surface area (Å²) in [5.41, 5.74) is 7.29. The largest absolute Gasteiger partial charge is 0.384 e. The van der Waals surface area contributed by atoms with Crippen molar-refractivity contribution in [1.82, 2.24) is 9.78 Å². The Balaban J connectivity index is 2.36. The maximum absolute atomic E-state index is 5.77. The van der Waals surface area contributed by atoms with Crippen LogP contribution in [0.4, 0.5) is 5.82 Å². The molecular formula is C10H17N3. The van der Waals surface area contributed by atoms with Crippen LogP contribution in [0.25, 0.3) is 0 Å². The molecule has 72 valence electrons. The lowest BCUT2D eigenvalue weighted by atomic mass is 9.89. The number of aromatic nitrogens is 2. The summed E-state index contributed by atoms with van der Waals surface area (Å²) in [5, 5.41) is 4.46. The molecule has 1 aliphatic carbocycles. The fourth-order valence-electron chi connectivity index (χ4n) is 1.99. The van der Waals surface area contributed by atoms with Crippen LogP contribution in [0, 0.1) is 5.92 Å². The van der Waals surface area contributed by atoms with E-state index in [1.807, 2.05) is 13.1 Å². The van der Waals surface area contributed by atoms with Crippen LogP contribution in [-0.4, -0.2) is 9.78 Å². The van der Waals surface area contributed by atoms with Crippen molar-refractivity contribution in [2.24, 2.45) is 13.0 Å². The molecule has 13 heavy (non-hydrogen) atoms. The van der Waals surface area contributed by atoms with Crippen LogP contribution >= 0.6 is 0 Å². The lowest BCUT2D eigenvalue weighted by Crippen LogP contribution is -2.15. The topological polar surface area (TPSA) is 43.8 Å². The molecule has 0 radical (unpaired) electrons. The Morgan fingerprint density at radius 3 is 2.46 bits per heavy atom. The van der Waals surface area contributed by atoms with Crippen molar-refractivity contribution < 1.29 is 0 Å². The molecule has 1 fully saturated rings. The summed E-state index contributed by atoms with van der Waals surface area (Å²) in [7, 11) is 1.90. The normalized spacial score (nSPS) is 19.4. The minimum atomic E-state index is 0.343. The van der Waals surface area contributed by atoms with E-state index >= 15 is 0 Å². The number of rotatable bonds is 2. The van der Waals surface area contributed by atoms with E-state index in [-0.39, 0.29) is 0 Å². The average Bonchev–Trinajstić information content (AvgIpc) is 2.77. The second kappa shape index (κ2) is 2.50. The fourth-order valence-corrected chi connectivity index (χ4v) is 1.99. The van der Waals surface area contributed by atoms with Crippen LogP contribution in [0.1, 0.15) is 32.4 Å². The molecule has 0 aromatic carbocycles. The van der Waals surface area contributed by atoms with Crippen LogP contribution in [0.5, 0.6) is 0 Å². The summed E-state index contributed by atoms with van der Waals surface area (Å²) >= 11 is 0. The van der Waals surface area contributed by atoms with Gasteiger partial charge in [0.1, 0.15) is 5.82 Å². The van der Waals surface area contributed by atoms with E-state index in [1.54, 1.807) is 4.68 Å². The first-order valence-corrected chi connectivity index (χ1v) is 4.86. The van der Waals surface area contributed by atoms with Gasteiger partial charge in [-0.2, -0.15) is 5.10 Å². The van der Waals surface area contributed by atoms with E-state index in [4.69, 9.17) is 5.73 Å². The number of anilines is 1. The highest BCUT2D eigenvalue weighted by molar-refractivity contribution is 5.37. The Hall–Kier alpha value is -0.990. The molecule has 0 atom stereocenters. The molecule has 0 amide bonds. The van der Waals surface area contributed by atoms with E-state index in [9.17, 15) is 0 Å². The molecule has 0 aliphatic heterocycles. The number of aryl methyl sites for hydroxylation is 1. The number of nitrogens with zero attached hydrogens (tertiary/aromatic N) is 2. The molecule has 1 heterocycles. The number of nitrogens with two attached hydrogens (primary N) is 1. The molecule has 0 spiro atoms. The van der Waals surface area contributed by atoms with Crippen molar-refractivity contribution >= 4 is 5.82 Å². The molecule has 0 unspecified atom stereocenters. The van der Waals surface area contributed by atoms with Gasteiger partial charge in [-0.25, -0.2) is 0 Å². The number of nitrogen functional groups attached to an aromatic ring is 1. The molecule has 2 N–H and O–H groups in total. The zero-order chi connectivity index (χ0) is 9.64. The average molecular weight is 179 g/mol. The van der Waals surface area contributed by atoms with Gasteiger partial charge in [0.25, 0.3) is 0 Å². The van der Waals surface area contributed by atoms with Gasteiger partial charge in [-0.3, -0.25) is 4.68 Å². The summed E-state index contributed by atoms with van der Waals surface area (Å²) in [6.45, 7) is 4.52. The first-order chi connectivity index (χ1) is 6.06. The summed E-state index contributed by atoms with van der Waals surface area (Å²) < 4.78 is 1.76. The Kier molecular flexibility index (Phi) is 1.65. The third kappa shape index (κ3) is 1.14. The van der Waals surface area contributed by atoms with E-state index < -0.39 is 0 Å². The van der Waals surface area contributed by atoms with Crippen LogP contribution in [0.3, 0.4) is 0 Å². The van der Waals surface area contributed by atoms with Crippen molar-refractivity contribution in [2.75, 3.05) is 5.73 Å². The highest BCUT2D eigenvalue weighted by Crippen LogP contribution is 2.53. The SMILES string of the molecule is CC(C)C1(c2cc(N)n(C)n2)CC1. The summed E-state index contributed by atoms with van der Waals surface area (Å²) in [6.07, 6.45) is 2.53. The van der Waals surface area contributed by atoms with Gasteiger partial charge < -0.3 is 5.73 Å². The minimum Gasteiger partial charge on any atom is -0.384 e. The minimum absolute atomic E-state index is 0.343. The van der Waals surface area contributed by atoms with Crippen molar-refractivity contribution in [3.63, 3.8) is 0 Å². The summed E-state index contributed by atoms with van der Waals surface area (Å²) in [5.74, 6) is 1.43. The Morgan fingerprint density at radius 1 is 1.54 bits per heavy atom. The third-order valence-corrected chi connectivity index (χ3v) is 3.32.